The van der Waals surface area contributed by atoms with Gasteiger partial charge in [0.25, 0.3) is 5.91 Å². The molecule has 0 saturated heterocycles. The van der Waals surface area contributed by atoms with Crippen LogP contribution >= 0.6 is 0 Å². The Kier molecular flexibility index (Phi) is 10.3. The van der Waals surface area contributed by atoms with Gasteiger partial charge in [-0.25, -0.2) is 4.39 Å². The summed E-state index contributed by atoms with van der Waals surface area (Å²) in [5, 5.41) is 14.4. The lowest BCUT2D eigenvalue weighted by atomic mass is 9.94. The summed E-state index contributed by atoms with van der Waals surface area (Å²) in [6, 6.07) is 18.4. The molecule has 0 aromatic heterocycles. The summed E-state index contributed by atoms with van der Waals surface area (Å²) in [5.74, 6) is -0.928. The number of nitro groups is 1. The minimum absolute atomic E-state index is 0.00284. The largest absolute Gasteiger partial charge is 0.490 e. The van der Waals surface area contributed by atoms with Crippen LogP contribution in [0.25, 0.3) is 0 Å². The number of carbonyl (C=O) groups is 2. The van der Waals surface area contributed by atoms with E-state index in [4.69, 9.17) is 9.47 Å². The van der Waals surface area contributed by atoms with Crippen LogP contribution in [0.1, 0.15) is 43.2 Å². The average Bonchev–Trinajstić information content (AvgIpc) is 2.99. The van der Waals surface area contributed by atoms with Crippen LogP contribution < -0.4 is 14.8 Å². The summed E-state index contributed by atoms with van der Waals surface area (Å²) < 4.78 is 24.5. The molecular weight excluding hydrogens is 529 g/mol. The van der Waals surface area contributed by atoms with Crippen LogP contribution in [0.5, 0.6) is 11.5 Å². The van der Waals surface area contributed by atoms with Gasteiger partial charge in [-0.05, 0) is 42.2 Å². The molecule has 1 aliphatic rings. The standard InChI is InChI=1S/C31H34FN3O6/c1-40-29-19-26(16-17-27(29)35(38)39)41-21-30(36)34(20-23-12-14-24(32)15-13-23)28(18-22-8-4-2-5-9-22)31(37)33-25-10-6-3-7-11-25/h2,4-5,8-9,12-17,19,25,28H,3,6-7,10-11,18,20-21H2,1H3,(H,33,37). The van der Waals surface area contributed by atoms with Gasteiger partial charge in [0.2, 0.25) is 11.7 Å². The lowest BCUT2D eigenvalue weighted by molar-refractivity contribution is -0.385. The van der Waals surface area contributed by atoms with E-state index < -0.39 is 29.3 Å². The van der Waals surface area contributed by atoms with Gasteiger partial charge in [-0.1, -0.05) is 61.7 Å². The Morgan fingerprint density at radius 3 is 2.39 bits per heavy atom. The summed E-state index contributed by atoms with van der Waals surface area (Å²) >= 11 is 0. The summed E-state index contributed by atoms with van der Waals surface area (Å²) in [6.45, 7) is -0.369. The molecule has 1 saturated carbocycles. The number of rotatable bonds is 12. The van der Waals surface area contributed by atoms with Gasteiger partial charge in [0, 0.05) is 31.1 Å². The molecule has 1 unspecified atom stereocenters. The maximum absolute atomic E-state index is 13.8. The molecule has 9 nitrogen and oxygen atoms in total. The van der Waals surface area contributed by atoms with Crippen molar-refractivity contribution in [2.24, 2.45) is 0 Å². The third-order valence-electron chi connectivity index (χ3n) is 7.20. The van der Waals surface area contributed by atoms with Gasteiger partial charge >= 0.3 is 5.69 Å². The number of ether oxygens (including phenoxy) is 2. The fraction of sp³-hybridized carbons (Fsp3) is 0.355. The maximum Gasteiger partial charge on any atom is 0.311 e. The van der Waals surface area contributed by atoms with Crippen LogP contribution in [0.2, 0.25) is 0 Å². The topological polar surface area (TPSA) is 111 Å². The SMILES string of the molecule is COc1cc(OCC(=O)N(Cc2ccc(F)cc2)C(Cc2ccccc2)C(=O)NC2CCCCC2)ccc1[N+](=O)[O-]. The third-order valence-corrected chi connectivity index (χ3v) is 7.20. The summed E-state index contributed by atoms with van der Waals surface area (Å²) in [5.41, 5.74) is 1.31. The molecular formula is C31H34FN3O6. The predicted octanol–water partition coefficient (Wildman–Crippen LogP) is 5.21. The average molecular weight is 564 g/mol. The number of benzene rings is 3. The Hall–Kier alpha value is -4.47. The van der Waals surface area contributed by atoms with E-state index in [0.717, 1.165) is 37.7 Å². The molecule has 0 spiro atoms. The fourth-order valence-electron chi connectivity index (χ4n) is 5.01. The van der Waals surface area contributed by atoms with Gasteiger partial charge in [0.15, 0.2) is 6.61 Å². The first-order valence-corrected chi connectivity index (χ1v) is 13.7. The van der Waals surface area contributed by atoms with Crippen molar-refractivity contribution in [2.45, 2.75) is 57.2 Å². The number of hydrogen-bond acceptors (Lipinski definition) is 6. The number of nitro benzene ring substituents is 1. The number of carbonyl (C=O) groups excluding carboxylic acids is 2. The van der Waals surface area contributed by atoms with Crippen molar-refractivity contribution in [1.82, 2.24) is 10.2 Å². The smallest absolute Gasteiger partial charge is 0.311 e. The molecule has 0 heterocycles. The van der Waals surface area contributed by atoms with Crippen molar-refractivity contribution in [3.8, 4) is 11.5 Å². The first kappa shape index (κ1) is 29.5. The van der Waals surface area contributed by atoms with Crippen molar-refractivity contribution in [3.63, 3.8) is 0 Å². The van der Waals surface area contributed by atoms with Gasteiger partial charge in [0.05, 0.1) is 12.0 Å². The molecule has 3 aromatic rings. The Morgan fingerprint density at radius 1 is 1.02 bits per heavy atom. The molecule has 1 atom stereocenters. The highest BCUT2D eigenvalue weighted by Crippen LogP contribution is 2.31. The fourth-order valence-corrected chi connectivity index (χ4v) is 5.01. The molecule has 10 heteroatoms. The monoisotopic (exact) mass is 563 g/mol. The molecule has 1 fully saturated rings. The number of nitrogens with zero attached hydrogens (tertiary/aromatic N) is 2. The van der Waals surface area contributed by atoms with Crippen molar-refractivity contribution in [2.75, 3.05) is 13.7 Å². The molecule has 0 aliphatic heterocycles. The molecule has 1 aliphatic carbocycles. The van der Waals surface area contributed by atoms with Crippen LogP contribution in [-0.2, 0) is 22.6 Å². The van der Waals surface area contributed by atoms with Gasteiger partial charge in [-0.15, -0.1) is 0 Å². The molecule has 41 heavy (non-hydrogen) atoms. The summed E-state index contributed by atoms with van der Waals surface area (Å²) in [4.78, 5) is 39.7. The number of nitrogens with one attached hydrogen (secondary N) is 1. The van der Waals surface area contributed by atoms with E-state index in [1.165, 1.54) is 42.3 Å². The van der Waals surface area contributed by atoms with Crippen LogP contribution in [0.3, 0.4) is 0 Å². The molecule has 0 bridgehead atoms. The lowest BCUT2D eigenvalue weighted by Crippen LogP contribution is -2.53. The van der Waals surface area contributed by atoms with E-state index in [1.807, 2.05) is 30.3 Å². The van der Waals surface area contributed by atoms with Gasteiger partial charge in [-0.3, -0.25) is 19.7 Å². The summed E-state index contributed by atoms with van der Waals surface area (Å²) in [6.07, 6.45) is 5.27. The first-order valence-electron chi connectivity index (χ1n) is 13.7. The zero-order chi connectivity index (χ0) is 29.2. The second kappa shape index (κ2) is 14.2. The second-order valence-electron chi connectivity index (χ2n) is 10.1. The highest BCUT2D eigenvalue weighted by molar-refractivity contribution is 5.88. The lowest BCUT2D eigenvalue weighted by Gasteiger charge is -2.33. The number of hydrogen-bond donors (Lipinski definition) is 1. The van der Waals surface area contributed by atoms with E-state index in [-0.39, 0.29) is 42.1 Å². The Morgan fingerprint density at radius 2 is 1.73 bits per heavy atom. The van der Waals surface area contributed by atoms with E-state index in [9.17, 15) is 24.1 Å². The Bertz CT molecular complexity index is 1330. The van der Waals surface area contributed by atoms with Crippen LogP contribution in [0.15, 0.2) is 72.8 Å². The quantitative estimate of drug-likeness (QED) is 0.239. The van der Waals surface area contributed by atoms with E-state index in [0.29, 0.717) is 5.56 Å². The molecule has 1 N–H and O–H groups in total. The van der Waals surface area contributed by atoms with Gasteiger partial charge in [0.1, 0.15) is 17.6 Å². The maximum atomic E-state index is 13.8. The van der Waals surface area contributed by atoms with Gasteiger partial charge in [-0.2, -0.15) is 0 Å². The first-order chi connectivity index (χ1) is 19.8. The molecule has 4 rings (SSSR count). The molecule has 2 amide bonds. The number of halogens is 1. The van der Waals surface area contributed by atoms with E-state index in [1.54, 1.807) is 12.1 Å². The zero-order valence-electron chi connectivity index (χ0n) is 23.0. The molecule has 216 valence electrons. The minimum Gasteiger partial charge on any atom is -0.490 e. The third kappa shape index (κ3) is 8.26. The van der Waals surface area contributed by atoms with Crippen molar-refractivity contribution in [1.29, 1.82) is 0 Å². The Labute approximate surface area is 238 Å². The van der Waals surface area contributed by atoms with Crippen LogP contribution in [0, 0.1) is 15.9 Å². The minimum atomic E-state index is -0.855. The summed E-state index contributed by atoms with van der Waals surface area (Å²) in [7, 11) is 1.31. The molecule has 0 radical (unpaired) electrons. The van der Waals surface area contributed by atoms with E-state index >= 15 is 0 Å². The molecule has 3 aromatic carbocycles. The second-order valence-corrected chi connectivity index (χ2v) is 10.1. The highest BCUT2D eigenvalue weighted by Gasteiger charge is 2.32. The normalized spacial score (nSPS) is 14.1. The Balaban J connectivity index is 1.61. The van der Waals surface area contributed by atoms with Crippen molar-refractivity contribution >= 4 is 17.5 Å². The number of amides is 2. The predicted molar refractivity (Wildman–Crippen MR) is 151 cm³/mol. The highest BCUT2D eigenvalue weighted by atomic mass is 19.1. The van der Waals surface area contributed by atoms with Gasteiger partial charge < -0.3 is 19.7 Å². The van der Waals surface area contributed by atoms with Crippen LogP contribution in [-0.4, -0.2) is 47.4 Å². The van der Waals surface area contributed by atoms with Crippen LogP contribution in [0.4, 0.5) is 10.1 Å². The van der Waals surface area contributed by atoms with Crippen molar-refractivity contribution < 1.29 is 28.4 Å². The zero-order valence-corrected chi connectivity index (χ0v) is 23.0. The number of methoxy groups -OCH3 is 1. The van der Waals surface area contributed by atoms with E-state index in [2.05, 4.69) is 5.32 Å². The van der Waals surface area contributed by atoms with Crippen molar-refractivity contribution in [3.05, 3.63) is 99.9 Å².